The van der Waals surface area contributed by atoms with Crippen molar-refractivity contribution < 1.29 is 19.2 Å². The number of nitrogens with zero attached hydrogens (tertiary/aromatic N) is 6. The highest BCUT2D eigenvalue weighted by Gasteiger charge is 2.59. The van der Waals surface area contributed by atoms with Crippen LogP contribution in [0.2, 0.25) is 0 Å². The minimum Gasteiger partial charge on any atom is -0.307 e. The monoisotopic (exact) mass is 670 g/mol. The van der Waals surface area contributed by atoms with Crippen molar-refractivity contribution in [1.29, 1.82) is 0 Å². The molecule has 2 heterocycles. The number of carbonyl (C=O) groups is 4. The van der Waals surface area contributed by atoms with E-state index in [0.29, 0.717) is 24.0 Å². The lowest BCUT2D eigenvalue weighted by atomic mass is 9.52. The largest absolute Gasteiger partial charge is 0.307 e. The number of Topliss-reactive ketones (excluding diaryl/α,β-unsaturated/α-hetero) is 4. The molecule has 50 heavy (non-hydrogen) atoms. The molecule has 3 aromatic rings. The van der Waals surface area contributed by atoms with Gasteiger partial charge in [-0.3, -0.25) is 14.3 Å². The number of carbonyl (C=O) groups excluding carboxylic acids is 4. The van der Waals surface area contributed by atoms with Gasteiger partial charge in [-0.1, -0.05) is 58.0 Å². The highest BCUT2D eigenvalue weighted by Crippen LogP contribution is 2.55. The van der Waals surface area contributed by atoms with Gasteiger partial charge in [0.2, 0.25) is 11.4 Å². The van der Waals surface area contributed by atoms with E-state index in [9.17, 15) is 19.2 Å². The van der Waals surface area contributed by atoms with E-state index in [0.717, 1.165) is 17.1 Å². The Morgan fingerprint density at radius 2 is 1.12 bits per heavy atom. The molecule has 2 aromatic heterocycles. The van der Waals surface area contributed by atoms with Crippen LogP contribution in [0.3, 0.4) is 0 Å². The first-order valence-corrected chi connectivity index (χ1v) is 16.8. The highest BCUT2D eigenvalue weighted by atomic mass is 16.1. The van der Waals surface area contributed by atoms with Gasteiger partial charge < -0.3 is 9.59 Å². The lowest BCUT2D eigenvalue weighted by molar-refractivity contribution is -0.129. The van der Waals surface area contributed by atoms with Crippen molar-refractivity contribution in [2.45, 2.75) is 80.7 Å². The molecule has 0 N–H and O–H groups in total. The van der Waals surface area contributed by atoms with Crippen molar-refractivity contribution in [2.24, 2.45) is 33.5 Å². The molecule has 0 spiro atoms. The molecule has 0 unspecified atom stereocenters. The van der Waals surface area contributed by atoms with E-state index in [1.807, 2.05) is 97.3 Å². The Morgan fingerprint density at radius 1 is 0.680 bits per heavy atom. The van der Waals surface area contributed by atoms with Crippen LogP contribution in [0.4, 0.5) is 0 Å². The fraction of sp³-hybridized carbons (Fsp3) is 0.450. The number of hydrogen-bond donors (Lipinski definition) is 0. The first kappa shape index (κ1) is 34.6. The van der Waals surface area contributed by atoms with Gasteiger partial charge in [-0.25, -0.2) is 14.4 Å². The summed E-state index contributed by atoms with van der Waals surface area (Å²) in [6.45, 7) is 31.9. The zero-order valence-corrected chi connectivity index (χ0v) is 30.1. The number of rotatable bonds is 1. The van der Waals surface area contributed by atoms with Crippen LogP contribution in [-0.4, -0.2) is 42.7 Å². The second-order valence-electron chi connectivity index (χ2n) is 16.5. The average Bonchev–Trinajstić information content (AvgIpc) is 3.70. The van der Waals surface area contributed by atoms with E-state index >= 15 is 0 Å². The molecule has 0 saturated carbocycles. The Bertz CT molecular complexity index is 2140. The summed E-state index contributed by atoms with van der Waals surface area (Å²) in [4.78, 5) is 58.9. The molecule has 4 aliphatic rings. The van der Waals surface area contributed by atoms with E-state index in [-0.39, 0.29) is 51.9 Å². The SMILES string of the molecule is [C-]#[N+]C1=C[C@]2(C)C(=O)c3cnn(-c4ccccc4)c3C[C@H]2C(C)(C)C1=O.[C-]#[N+]C1=C[C@]2(C)C(=O)c3cnn(C(C)(C)C)c3C[C@@H]2C(C)(C)C1=O. The van der Waals surface area contributed by atoms with Crippen LogP contribution < -0.4 is 0 Å². The number of fused-ring (bicyclic) bond motifs is 4. The van der Waals surface area contributed by atoms with Crippen molar-refractivity contribution in [3.8, 4) is 5.69 Å². The van der Waals surface area contributed by atoms with Crippen molar-refractivity contribution >= 4 is 23.1 Å². The summed E-state index contributed by atoms with van der Waals surface area (Å²) in [6, 6.07) is 9.68. The average molecular weight is 671 g/mol. The second-order valence-corrected chi connectivity index (χ2v) is 16.5. The fourth-order valence-electron chi connectivity index (χ4n) is 8.78. The van der Waals surface area contributed by atoms with Crippen LogP contribution in [0.15, 0.2) is 66.3 Å². The molecule has 0 fully saturated rings. The predicted octanol–water partition coefficient (Wildman–Crippen LogP) is 7.06. The molecule has 4 atom stereocenters. The van der Waals surface area contributed by atoms with Crippen LogP contribution in [0.5, 0.6) is 0 Å². The second kappa shape index (κ2) is 11.1. The first-order valence-electron chi connectivity index (χ1n) is 16.8. The van der Waals surface area contributed by atoms with E-state index in [4.69, 9.17) is 13.1 Å². The minimum atomic E-state index is -0.866. The van der Waals surface area contributed by atoms with Gasteiger partial charge in [0.1, 0.15) is 0 Å². The van der Waals surface area contributed by atoms with Gasteiger partial charge in [0, 0.05) is 21.7 Å². The van der Waals surface area contributed by atoms with E-state index in [2.05, 4.69) is 19.9 Å². The molecular weight excluding hydrogens is 628 g/mol. The number of ketones is 4. The van der Waals surface area contributed by atoms with Crippen LogP contribution in [-0.2, 0) is 28.0 Å². The summed E-state index contributed by atoms with van der Waals surface area (Å²) >= 11 is 0. The van der Waals surface area contributed by atoms with Crippen molar-refractivity contribution in [3.63, 3.8) is 0 Å². The quantitative estimate of drug-likeness (QED) is 0.256. The molecule has 10 heteroatoms. The molecule has 0 amide bonds. The predicted molar refractivity (Wildman–Crippen MR) is 187 cm³/mol. The Hall–Kier alpha value is -5.22. The third-order valence-electron chi connectivity index (χ3n) is 11.6. The van der Waals surface area contributed by atoms with Crippen LogP contribution in [0.1, 0.15) is 94.4 Å². The van der Waals surface area contributed by atoms with Crippen molar-refractivity contribution in [3.05, 3.63) is 112 Å². The zero-order valence-electron chi connectivity index (χ0n) is 30.1. The molecule has 0 bridgehead atoms. The Kier molecular flexibility index (Phi) is 7.72. The highest BCUT2D eigenvalue weighted by molar-refractivity contribution is 6.11. The number of allylic oxidation sites excluding steroid dienone is 4. The lowest BCUT2D eigenvalue weighted by Gasteiger charge is -2.49. The van der Waals surface area contributed by atoms with Gasteiger partial charge in [0.25, 0.3) is 0 Å². The van der Waals surface area contributed by atoms with Crippen LogP contribution in [0, 0.1) is 46.6 Å². The summed E-state index contributed by atoms with van der Waals surface area (Å²) < 4.78 is 3.69. The molecule has 10 nitrogen and oxygen atoms in total. The normalized spacial score (nSPS) is 27.6. The van der Waals surface area contributed by atoms with Gasteiger partial charge in [-0.05, 0) is 71.4 Å². The van der Waals surface area contributed by atoms with Crippen molar-refractivity contribution in [2.75, 3.05) is 0 Å². The molecule has 7 rings (SSSR count). The standard InChI is InChI=1S/C21H19N3O2.C19H23N3O2/c1-20(2)17-10-16-14(12-23-24(16)13-8-6-5-7-9-13)18(25)21(17,3)11-15(22-4)19(20)26;1-17(2,3)22-13-8-14-18(4,5)16(24)12(20-7)9-19(14,6)15(23)11(13)10-21-22/h5-9,11-12,17H,10H2,1-3H3;9-10,14H,8H2,1-6H3/t17-,21-;14-,19+/m01/s1. The molecule has 0 radical (unpaired) electrons. The number of para-hydroxylation sites is 1. The van der Waals surface area contributed by atoms with Crippen LogP contribution in [0.25, 0.3) is 15.4 Å². The van der Waals surface area contributed by atoms with E-state index in [1.54, 1.807) is 29.2 Å². The first-order chi connectivity index (χ1) is 23.2. The molecule has 1 aromatic carbocycles. The smallest absolute Gasteiger partial charge is 0.226 e. The summed E-state index contributed by atoms with van der Waals surface area (Å²) in [5, 5.41) is 8.89. The van der Waals surface area contributed by atoms with Crippen molar-refractivity contribution in [1.82, 2.24) is 19.6 Å². The maximum Gasteiger partial charge on any atom is 0.226 e. The maximum absolute atomic E-state index is 13.4. The maximum atomic E-state index is 13.4. The third kappa shape index (κ3) is 4.80. The number of aromatic nitrogens is 4. The molecule has 0 aliphatic heterocycles. The van der Waals surface area contributed by atoms with E-state index < -0.39 is 21.7 Å². The topological polar surface area (TPSA) is 113 Å². The summed E-state index contributed by atoms with van der Waals surface area (Å²) in [5.41, 5.74) is 0.494. The van der Waals surface area contributed by atoms with Gasteiger partial charge >= 0.3 is 0 Å². The summed E-state index contributed by atoms with van der Waals surface area (Å²) in [5.74, 6) is -0.846. The van der Waals surface area contributed by atoms with Gasteiger partial charge in [-0.15, -0.1) is 0 Å². The summed E-state index contributed by atoms with van der Waals surface area (Å²) in [6.07, 6.45) is 7.60. The lowest BCUT2D eigenvalue weighted by Crippen LogP contribution is -2.53. The fourth-order valence-corrected chi connectivity index (χ4v) is 8.78. The van der Waals surface area contributed by atoms with Gasteiger partial charge in [0.05, 0.1) is 59.3 Å². The third-order valence-corrected chi connectivity index (χ3v) is 11.6. The molecule has 256 valence electrons. The van der Waals surface area contributed by atoms with Gasteiger partial charge in [-0.2, -0.15) is 10.2 Å². The number of benzene rings is 1. The Balaban J connectivity index is 0.000000174. The Morgan fingerprint density at radius 3 is 1.58 bits per heavy atom. The van der Waals surface area contributed by atoms with E-state index in [1.165, 1.54) is 0 Å². The summed E-state index contributed by atoms with van der Waals surface area (Å²) in [7, 11) is 0. The zero-order chi connectivity index (χ0) is 36.8. The molecule has 4 aliphatic carbocycles. The molecular formula is C40H42N6O4. The van der Waals surface area contributed by atoms with Crippen LogP contribution >= 0.6 is 0 Å². The van der Waals surface area contributed by atoms with Gasteiger partial charge in [0.15, 0.2) is 23.1 Å². The number of hydrogen-bond acceptors (Lipinski definition) is 6. The molecule has 0 saturated heterocycles. The minimum absolute atomic E-state index is 0.0361. The Labute approximate surface area is 292 Å².